The zero-order valence-corrected chi connectivity index (χ0v) is 22.4. The van der Waals surface area contributed by atoms with E-state index in [0.29, 0.717) is 12.5 Å². The van der Waals surface area contributed by atoms with Gasteiger partial charge in [-0.15, -0.1) is 35.3 Å². The fourth-order valence-corrected chi connectivity index (χ4v) is 4.26. The van der Waals surface area contributed by atoms with Crippen LogP contribution in [0.4, 0.5) is 4.79 Å². The lowest BCUT2D eigenvalue weighted by Gasteiger charge is -2.34. The molecule has 1 unspecified atom stereocenters. The number of aromatic nitrogens is 1. The van der Waals surface area contributed by atoms with Crippen LogP contribution in [0, 0.1) is 19.8 Å². The second-order valence-electron chi connectivity index (χ2n) is 8.59. The number of ether oxygens (including phenoxy) is 1. The van der Waals surface area contributed by atoms with Crippen LogP contribution in [0.2, 0.25) is 0 Å². The number of amides is 1. The van der Waals surface area contributed by atoms with Gasteiger partial charge in [-0.3, -0.25) is 0 Å². The number of nitrogens with one attached hydrogen (secondary N) is 2. The lowest BCUT2D eigenvalue weighted by atomic mass is 9.95. The van der Waals surface area contributed by atoms with Gasteiger partial charge in [0, 0.05) is 31.1 Å². The molecule has 1 aromatic heterocycles. The molecular weight excluding hydrogens is 513 g/mol. The standard InChI is InChI=1S/C21H37N5O2S.HI/c1-7-22-19(24-13-18-15(2)25-16(3)29-18)23-11-10-17-9-8-12-26(14-17)20(27)28-21(4,5)6;/h17H,7-14H2,1-6H3,(H2,22,23,24);1H. The summed E-state index contributed by atoms with van der Waals surface area (Å²) in [5, 5.41) is 7.82. The first-order chi connectivity index (χ1) is 13.7. The second-order valence-corrected chi connectivity index (χ2v) is 9.87. The van der Waals surface area contributed by atoms with E-state index < -0.39 is 5.60 Å². The number of hydrogen-bond donors (Lipinski definition) is 2. The van der Waals surface area contributed by atoms with Gasteiger partial charge >= 0.3 is 6.09 Å². The first-order valence-electron chi connectivity index (χ1n) is 10.6. The number of aryl methyl sites for hydroxylation is 2. The summed E-state index contributed by atoms with van der Waals surface area (Å²) in [6, 6.07) is 0. The number of nitrogens with zero attached hydrogens (tertiary/aromatic N) is 3. The predicted molar refractivity (Wildman–Crippen MR) is 135 cm³/mol. The van der Waals surface area contributed by atoms with Crippen LogP contribution in [0.1, 0.15) is 62.5 Å². The third kappa shape index (κ3) is 9.36. The third-order valence-electron chi connectivity index (χ3n) is 4.74. The van der Waals surface area contributed by atoms with Crippen molar-refractivity contribution < 1.29 is 9.53 Å². The number of rotatable bonds is 6. The molecular formula is C21H38IN5O2S. The quantitative estimate of drug-likeness (QED) is 0.310. The number of piperidine rings is 1. The summed E-state index contributed by atoms with van der Waals surface area (Å²) in [6.07, 6.45) is 2.98. The Bertz CT molecular complexity index is 702. The van der Waals surface area contributed by atoms with Gasteiger partial charge < -0.3 is 20.3 Å². The van der Waals surface area contributed by atoms with Gasteiger partial charge in [0.1, 0.15) is 5.60 Å². The molecule has 1 aliphatic heterocycles. The highest BCUT2D eigenvalue weighted by Gasteiger charge is 2.27. The highest BCUT2D eigenvalue weighted by atomic mass is 127. The van der Waals surface area contributed by atoms with Gasteiger partial charge in [-0.1, -0.05) is 0 Å². The van der Waals surface area contributed by atoms with Crippen molar-refractivity contribution in [1.82, 2.24) is 20.5 Å². The van der Waals surface area contributed by atoms with Crippen molar-refractivity contribution in [3.63, 3.8) is 0 Å². The molecule has 7 nitrogen and oxygen atoms in total. The van der Waals surface area contributed by atoms with Crippen molar-refractivity contribution in [3.05, 3.63) is 15.6 Å². The Morgan fingerprint density at radius 2 is 2.07 bits per heavy atom. The average Bonchev–Trinajstić information content (AvgIpc) is 2.96. The highest BCUT2D eigenvalue weighted by molar-refractivity contribution is 14.0. The SMILES string of the molecule is CCNC(=NCc1sc(C)nc1C)NCCC1CCCN(C(=O)OC(C)(C)C)C1.I. The Labute approximate surface area is 202 Å². The van der Waals surface area contributed by atoms with Crippen molar-refractivity contribution in [1.29, 1.82) is 0 Å². The maximum atomic E-state index is 12.3. The Morgan fingerprint density at radius 3 is 2.67 bits per heavy atom. The van der Waals surface area contributed by atoms with Gasteiger partial charge in [0.2, 0.25) is 0 Å². The summed E-state index contributed by atoms with van der Waals surface area (Å²) in [6.45, 7) is 15.7. The fourth-order valence-electron chi connectivity index (χ4n) is 3.40. The van der Waals surface area contributed by atoms with Crippen LogP contribution in [0.15, 0.2) is 4.99 Å². The zero-order valence-electron chi connectivity index (χ0n) is 19.2. The van der Waals surface area contributed by atoms with E-state index in [1.165, 1.54) is 4.88 Å². The van der Waals surface area contributed by atoms with E-state index in [2.05, 4.69) is 22.5 Å². The van der Waals surface area contributed by atoms with Crippen LogP contribution >= 0.6 is 35.3 Å². The molecule has 30 heavy (non-hydrogen) atoms. The van der Waals surface area contributed by atoms with Crippen molar-refractivity contribution in [3.8, 4) is 0 Å². The number of guanidine groups is 1. The maximum absolute atomic E-state index is 12.3. The number of aliphatic imine (C=N–C) groups is 1. The van der Waals surface area contributed by atoms with Gasteiger partial charge in [-0.2, -0.15) is 0 Å². The molecule has 172 valence electrons. The molecule has 0 saturated carbocycles. The van der Waals surface area contributed by atoms with E-state index in [-0.39, 0.29) is 30.1 Å². The van der Waals surface area contributed by atoms with Gasteiger partial charge in [0.15, 0.2) is 5.96 Å². The van der Waals surface area contributed by atoms with Crippen LogP contribution in [-0.2, 0) is 11.3 Å². The monoisotopic (exact) mass is 551 g/mol. The summed E-state index contributed by atoms with van der Waals surface area (Å²) < 4.78 is 5.52. The Morgan fingerprint density at radius 1 is 1.33 bits per heavy atom. The van der Waals surface area contributed by atoms with Crippen molar-refractivity contribution >= 4 is 47.4 Å². The largest absolute Gasteiger partial charge is 0.444 e. The van der Waals surface area contributed by atoms with Crippen molar-refractivity contribution in [2.75, 3.05) is 26.2 Å². The number of hydrogen-bond acceptors (Lipinski definition) is 5. The first-order valence-corrected chi connectivity index (χ1v) is 11.4. The highest BCUT2D eigenvalue weighted by Crippen LogP contribution is 2.21. The second kappa shape index (κ2) is 12.7. The average molecular weight is 552 g/mol. The smallest absolute Gasteiger partial charge is 0.410 e. The zero-order chi connectivity index (χ0) is 21.4. The van der Waals surface area contributed by atoms with Crippen molar-refractivity contribution in [2.45, 2.75) is 73.0 Å². The van der Waals surface area contributed by atoms with E-state index in [9.17, 15) is 4.79 Å². The molecule has 0 spiro atoms. The van der Waals surface area contributed by atoms with Gasteiger partial charge in [0.25, 0.3) is 0 Å². The fraction of sp³-hybridized carbons (Fsp3) is 0.762. The molecule has 2 heterocycles. The molecule has 1 amide bonds. The van der Waals surface area contributed by atoms with Crippen molar-refractivity contribution in [2.24, 2.45) is 10.9 Å². The van der Waals surface area contributed by atoms with Crippen LogP contribution in [0.5, 0.6) is 0 Å². The van der Waals surface area contributed by atoms with E-state index in [1.807, 2.05) is 39.5 Å². The lowest BCUT2D eigenvalue weighted by molar-refractivity contribution is 0.0162. The topological polar surface area (TPSA) is 78.9 Å². The molecule has 0 radical (unpaired) electrons. The molecule has 0 aliphatic carbocycles. The molecule has 0 aromatic carbocycles. The summed E-state index contributed by atoms with van der Waals surface area (Å²) in [4.78, 5) is 24.6. The number of carbonyl (C=O) groups is 1. The maximum Gasteiger partial charge on any atom is 0.410 e. The summed E-state index contributed by atoms with van der Waals surface area (Å²) in [5.74, 6) is 1.32. The molecule has 0 bridgehead atoms. The molecule has 1 saturated heterocycles. The number of halogens is 1. The van der Waals surface area contributed by atoms with Crippen LogP contribution in [0.3, 0.4) is 0 Å². The van der Waals surface area contributed by atoms with Gasteiger partial charge in [0.05, 0.1) is 17.2 Å². The molecule has 1 fully saturated rings. The number of carbonyl (C=O) groups excluding carboxylic acids is 1. The molecule has 2 N–H and O–H groups in total. The molecule has 1 aromatic rings. The van der Waals surface area contributed by atoms with Gasteiger partial charge in [-0.25, -0.2) is 14.8 Å². The Kier molecular flexibility index (Phi) is 11.4. The van der Waals surface area contributed by atoms with E-state index in [1.54, 1.807) is 11.3 Å². The minimum atomic E-state index is -0.447. The number of likely N-dealkylation sites (tertiary alicyclic amines) is 1. The minimum Gasteiger partial charge on any atom is -0.444 e. The first kappa shape index (κ1) is 26.9. The summed E-state index contributed by atoms with van der Waals surface area (Å²) in [5.41, 5.74) is 0.620. The minimum absolute atomic E-state index is 0. The molecule has 1 atom stereocenters. The summed E-state index contributed by atoms with van der Waals surface area (Å²) in [7, 11) is 0. The predicted octanol–water partition coefficient (Wildman–Crippen LogP) is 4.47. The molecule has 2 rings (SSSR count). The molecule has 9 heteroatoms. The normalized spacial score (nSPS) is 17.3. The van der Waals surface area contributed by atoms with E-state index in [0.717, 1.165) is 62.1 Å². The van der Waals surface area contributed by atoms with Crippen LogP contribution < -0.4 is 10.6 Å². The third-order valence-corrected chi connectivity index (χ3v) is 5.80. The number of thiazole rings is 1. The van der Waals surface area contributed by atoms with E-state index >= 15 is 0 Å². The Hall–Kier alpha value is -1.10. The summed E-state index contributed by atoms with van der Waals surface area (Å²) >= 11 is 1.70. The Balaban J connectivity index is 0.00000450. The lowest BCUT2D eigenvalue weighted by Crippen LogP contribution is -2.44. The van der Waals surface area contributed by atoms with Gasteiger partial charge in [-0.05, 0) is 66.7 Å². The van der Waals surface area contributed by atoms with Crippen LogP contribution in [-0.4, -0.2) is 53.7 Å². The molecule has 1 aliphatic rings. The van der Waals surface area contributed by atoms with Crippen LogP contribution in [0.25, 0.3) is 0 Å². The van der Waals surface area contributed by atoms with E-state index in [4.69, 9.17) is 9.73 Å².